The molecule has 1 fully saturated rings. The van der Waals surface area contributed by atoms with Crippen LogP contribution in [0.3, 0.4) is 0 Å². The Hall–Kier alpha value is -0.900. The van der Waals surface area contributed by atoms with Gasteiger partial charge in [0.25, 0.3) is 0 Å². The monoisotopic (exact) mass is 192 g/mol. The fourth-order valence-electron chi connectivity index (χ4n) is 2.34. The van der Waals surface area contributed by atoms with Gasteiger partial charge in [0.1, 0.15) is 23.9 Å². The topological polar surface area (TPSA) is 53.0 Å². The Morgan fingerprint density at radius 1 is 1.21 bits per heavy atom. The minimum absolute atomic E-state index is 0.243. The molecule has 3 rings (SSSR count). The van der Waals surface area contributed by atoms with Crippen LogP contribution in [0, 0.1) is 0 Å². The van der Waals surface area contributed by atoms with E-state index in [1.54, 1.807) is 0 Å². The van der Waals surface area contributed by atoms with Crippen LogP contribution in [0.4, 0.5) is 0 Å². The Morgan fingerprint density at radius 3 is 2.57 bits per heavy atom. The van der Waals surface area contributed by atoms with Crippen molar-refractivity contribution >= 4 is 0 Å². The van der Waals surface area contributed by atoms with Crippen LogP contribution in [0.1, 0.15) is 30.3 Å². The zero-order chi connectivity index (χ0) is 9.92. The predicted molar refractivity (Wildman–Crippen MR) is 49.6 cm³/mol. The first-order valence-electron chi connectivity index (χ1n) is 4.77. The van der Waals surface area contributed by atoms with Crippen molar-refractivity contribution in [1.82, 2.24) is 0 Å². The highest BCUT2D eigenvalue weighted by Crippen LogP contribution is 2.56. The van der Waals surface area contributed by atoms with Crippen LogP contribution < -0.4 is 0 Å². The van der Waals surface area contributed by atoms with Gasteiger partial charge >= 0.3 is 0 Å². The zero-order valence-electron chi connectivity index (χ0n) is 7.84. The average molecular weight is 192 g/mol. The summed E-state index contributed by atoms with van der Waals surface area (Å²) in [4.78, 5) is 0. The maximum Gasteiger partial charge on any atom is 0.125 e. The molecule has 2 aliphatic rings. The lowest BCUT2D eigenvalue weighted by molar-refractivity contribution is 0.0774. The van der Waals surface area contributed by atoms with Gasteiger partial charge < -0.3 is 14.9 Å². The Bertz CT molecular complexity index is 390. The molecule has 0 aromatic heterocycles. The molecule has 4 atom stereocenters. The fraction of sp³-hybridized carbons (Fsp3) is 0.455. The number of ether oxygens (including phenoxy) is 1. The number of epoxide rings is 1. The minimum atomic E-state index is -0.618. The summed E-state index contributed by atoms with van der Waals surface area (Å²) in [6, 6.07) is 7.40. The highest BCUT2D eigenvalue weighted by atomic mass is 16.6. The SMILES string of the molecule is C[C@]12O[C@H]1[C@@H](O)c1ccccc1[C@H]2O. The Balaban J connectivity index is 2.17. The lowest BCUT2D eigenvalue weighted by Gasteiger charge is -2.26. The van der Waals surface area contributed by atoms with E-state index in [9.17, 15) is 10.2 Å². The Labute approximate surface area is 81.9 Å². The second kappa shape index (κ2) is 2.37. The van der Waals surface area contributed by atoms with Gasteiger partial charge in [0.15, 0.2) is 0 Å². The van der Waals surface area contributed by atoms with E-state index in [2.05, 4.69) is 0 Å². The van der Waals surface area contributed by atoms with E-state index in [4.69, 9.17) is 4.74 Å². The van der Waals surface area contributed by atoms with Gasteiger partial charge in [-0.2, -0.15) is 0 Å². The molecule has 0 spiro atoms. The van der Waals surface area contributed by atoms with Crippen molar-refractivity contribution in [2.45, 2.75) is 30.8 Å². The first-order valence-corrected chi connectivity index (χ1v) is 4.77. The smallest absolute Gasteiger partial charge is 0.125 e. The third kappa shape index (κ3) is 0.823. The molecule has 1 aliphatic heterocycles. The molecule has 1 aromatic rings. The number of rotatable bonds is 0. The van der Waals surface area contributed by atoms with Crippen LogP contribution in [-0.2, 0) is 4.74 Å². The molecule has 74 valence electrons. The zero-order valence-corrected chi connectivity index (χ0v) is 7.84. The van der Waals surface area contributed by atoms with Crippen LogP contribution in [-0.4, -0.2) is 21.9 Å². The third-order valence-electron chi connectivity index (χ3n) is 3.33. The van der Waals surface area contributed by atoms with E-state index >= 15 is 0 Å². The van der Waals surface area contributed by atoms with Gasteiger partial charge in [0, 0.05) is 0 Å². The normalized spacial score (nSPS) is 44.1. The van der Waals surface area contributed by atoms with Crippen molar-refractivity contribution in [3.63, 3.8) is 0 Å². The van der Waals surface area contributed by atoms with Crippen LogP contribution >= 0.6 is 0 Å². The molecular weight excluding hydrogens is 180 g/mol. The molecule has 0 unspecified atom stereocenters. The molecule has 0 amide bonds. The number of aliphatic hydroxyl groups is 2. The van der Waals surface area contributed by atoms with E-state index < -0.39 is 17.8 Å². The van der Waals surface area contributed by atoms with Crippen LogP contribution in [0.2, 0.25) is 0 Å². The van der Waals surface area contributed by atoms with Crippen molar-refractivity contribution < 1.29 is 14.9 Å². The minimum Gasteiger partial charge on any atom is -0.386 e. The summed E-state index contributed by atoms with van der Waals surface area (Å²) in [7, 11) is 0. The number of hydrogen-bond donors (Lipinski definition) is 2. The van der Waals surface area contributed by atoms with E-state index in [1.807, 2.05) is 31.2 Å². The molecule has 1 saturated heterocycles. The average Bonchev–Trinajstić information content (AvgIpc) is 2.89. The molecule has 0 radical (unpaired) electrons. The molecule has 3 heteroatoms. The Kier molecular flexibility index (Phi) is 1.42. The lowest BCUT2D eigenvalue weighted by Crippen LogP contribution is -2.30. The first kappa shape index (κ1) is 8.41. The predicted octanol–water partition coefficient (Wildman–Crippen LogP) is 0.924. The van der Waals surface area contributed by atoms with Gasteiger partial charge in [-0.05, 0) is 18.1 Å². The third-order valence-corrected chi connectivity index (χ3v) is 3.33. The van der Waals surface area contributed by atoms with Gasteiger partial charge in [0.05, 0.1) is 0 Å². The molecule has 1 aromatic carbocycles. The molecule has 1 aliphatic carbocycles. The van der Waals surface area contributed by atoms with E-state index in [1.165, 1.54) is 0 Å². The molecule has 3 nitrogen and oxygen atoms in total. The quantitative estimate of drug-likeness (QED) is 0.601. The highest BCUT2D eigenvalue weighted by molar-refractivity contribution is 5.40. The van der Waals surface area contributed by atoms with Crippen molar-refractivity contribution in [3.05, 3.63) is 35.4 Å². The van der Waals surface area contributed by atoms with Crippen LogP contribution in [0.25, 0.3) is 0 Å². The summed E-state index contributed by atoms with van der Waals surface area (Å²) >= 11 is 0. The maximum atomic E-state index is 10.0. The van der Waals surface area contributed by atoms with Gasteiger partial charge in [-0.3, -0.25) is 0 Å². The molecular formula is C11H12O3. The van der Waals surface area contributed by atoms with Gasteiger partial charge in [-0.1, -0.05) is 24.3 Å². The second-order valence-electron chi connectivity index (χ2n) is 4.20. The summed E-state index contributed by atoms with van der Waals surface area (Å²) in [6.45, 7) is 1.83. The first-order chi connectivity index (χ1) is 6.64. The van der Waals surface area contributed by atoms with Crippen molar-refractivity contribution in [2.24, 2.45) is 0 Å². The Morgan fingerprint density at radius 2 is 1.86 bits per heavy atom. The van der Waals surface area contributed by atoms with Gasteiger partial charge in [-0.15, -0.1) is 0 Å². The molecule has 1 heterocycles. The summed E-state index contributed by atoms with van der Waals surface area (Å²) in [5.41, 5.74) is 1.00. The van der Waals surface area contributed by atoms with E-state index in [0.717, 1.165) is 11.1 Å². The maximum absolute atomic E-state index is 10.0. The standard InChI is InChI=1S/C11H12O3/c1-11-9(13)7-5-3-2-4-6(7)8(12)10(11)14-11/h2-5,8-10,12-13H,1H3/t8-,9+,10-,11+/m0/s1. The summed E-state index contributed by atoms with van der Waals surface area (Å²) < 4.78 is 5.37. The molecule has 2 N–H and O–H groups in total. The van der Waals surface area contributed by atoms with Gasteiger partial charge in [0.2, 0.25) is 0 Å². The fourth-order valence-corrected chi connectivity index (χ4v) is 2.34. The van der Waals surface area contributed by atoms with Crippen LogP contribution in [0.15, 0.2) is 24.3 Å². The largest absolute Gasteiger partial charge is 0.386 e. The molecule has 14 heavy (non-hydrogen) atoms. The summed E-state index contributed by atoms with van der Waals surface area (Å²) in [5.74, 6) is 0. The van der Waals surface area contributed by atoms with Gasteiger partial charge in [-0.25, -0.2) is 0 Å². The van der Waals surface area contributed by atoms with E-state index in [0.29, 0.717) is 0 Å². The van der Waals surface area contributed by atoms with Crippen molar-refractivity contribution in [1.29, 1.82) is 0 Å². The second-order valence-corrected chi connectivity index (χ2v) is 4.20. The van der Waals surface area contributed by atoms with E-state index in [-0.39, 0.29) is 6.10 Å². The number of aliphatic hydroxyl groups excluding tert-OH is 2. The van der Waals surface area contributed by atoms with Crippen molar-refractivity contribution in [2.75, 3.05) is 0 Å². The van der Waals surface area contributed by atoms with Crippen molar-refractivity contribution in [3.8, 4) is 0 Å². The number of fused-ring (bicyclic) bond motifs is 2. The molecule has 0 bridgehead atoms. The summed E-state index contributed by atoms with van der Waals surface area (Å²) in [5, 5.41) is 19.9. The van der Waals surface area contributed by atoms with Crippen LogP contribution in [0.5, 0.6) is 0 Å². The number of benzene rings is 1. The lowest BCUT2D eigenvalue weighted by atomic mass is 9.81. The summed E-state index contributed by atoms with van der Waals surface area (Å²) in [6.07, 6.45) is -1.46. The molecule has 0 saturated carbocycles. The number of hydrogen-bond acceptors (Lipinski definition) is 3. The highest BCUT2D eigenvalue weighted by Gasteiger charge is 2.64.